The van der Waals surface area contributed by atoms with Gasteiger partial charge in [0.2, 0.25) is 5.89 Å². The maximum absolute atomic E-state index is 12.9. The number of rotatable bonds is 5. The third kappa shape index (κ3) is 3.52. The van der Waals surface area contributed by atoms with E-state index in [0.717, 1.165) is 18.4 Å². The maximum atomic E-state index is 12.9. The molecule has 0 aliphatic rings. The summed E-state index contributed by atoms with van der Waals surface area (Å²) in [6, 6.07) is 3.99. The van der Waals surface area contributed by atoms with E-state index in [1.54, 1.807) is 6.07 Å². The highest BCUT2D eigenvalue weighted by molar-refractivity contribution is 6.31. The van der Waals surface area contributed by atoms with Crippen molar-refractivity contribution in [2.75, 3.05) is 0 Å². The second-order valence-electron chi connectivity index (χ2n) is 4.36. The van der Waals surface area contributed by atoms with Crippen LogP contribution in [0.5, 0.6) is 0 Å². The quantitative estimate of drug-likeness (QED) is 0.915. The molecule has 2 aromatic rings. The summed E-state index contributed by atoms with van der Waals surface area (Å²) >= 11 is 5.95. The van der Waals surface area contributed by atoms with Crippen molar-refractivity contribution in [2.45, 2.75) is 32.2 Å². The molecule has 1 aromatic carbocycles. The molecule has 0 radical (unpaired) electrons. The monoisotopic (exact) mass is 283 g/mol. The molecule has 1 unspecified atom stereocenters. The minimum atomic E-state index is -0.368. The summed E-state index contributed by atoms with van der Waals surface area (Å²) in [5, 5.41) is 4.21. The van der Waals surface area contributed by atoms with E-state index in [9.17, 15) is 4.39 Å². The molecule has 0 aliphatic heterocycles. The molecule has 0 saturated carbocycles. The molecule has 1 heterocycles. The molecule has 102 valence electrons. The average Bonchev–Trinajstić information content (AvgIpc) is 2.82. The van der Waals surface area contributed by atoms with Gasteiger partial charge in [-0.2, -0.15) is 4.98 Å². The largest absolute Gasteiger partial charge is 0.338 e. The Kier molecular flexibility index (Phi) is 4.50. The van der Waals surface area contributed by atoms with Crippen LogP contribution in [0.15, 0.2) is 22.7 Å². The minimum absolute atomic E-state index is 0.241. The summed E-state index contributed by atoms with van der Waals surface area (Å²) in [4.78, 5) is 4.23. The first-order valence-electron chi connectivity index (χ1n) is 6.12. The van der Waals surface area contributed by atoms with Gasteiger partial charge in [-0.25, -0.2) is 4.39 Å². The van der Waals surface area contributed by atoms with Gasteiger partial charge in [0, 0.05) is 11.4 Å². The van der Waals surface area contributed by atoms with Gasteiger partial charge in [0.15, 0.2) is 5.82 Å². The molecule has 2 N–H and O–H groups in total. The predicted octanol–water partition coefficient (Wildman–Crippen LogP) is 3.25. The van der Waals surface area contributed by atoms with Gasteiger partial charge >= 0.3 is 0 Å². The van der Waals surface area contributed by atoms with Crippen LogP contribution < -0.4 is 5.73 Å². The van der Waals surface area contributed by atoms with Crippen LogP contribution in [0.4, 0.5) is 4.39 Å². The van der Waals surface area contributed by atoms with E-state index < -0.39 is 0 Å². The molecule has 0 bridgehead atoms. The van der Waals surface area contributed by atoms with Crippen molar-refractivity contribution in [2.24, 2.45) is 5.73 Å². The molecule has 0 amide bonds. The number of aromatic nitrogens is 2. The van der Waals surface area contributed by atoms with Crippen LogP contribution in [0, 0.1) is 5.82 Å². The topological polar surface area (TPSA) is 64.9 Å². The van der Waals surface area contributed by atoms with Crippen LogP contribution in [-0.2, 0) is 6.42 Å². The first-order chi connectivity index (χ1) is 9.10. The van der Waals surface area contributed by atoms with Gasteiger partial charge in [-0.05, 0) is 24.1 Å². The average molecular weight is 284 g/mol. The van der Waals surface area contributed by atoms with E-state index in [4.69, 9.17) is 21.9 Å². The Balaban J connectivity index is 2.11. The van der Waals surface area contributed by atoms with Crippen LogP contribution in [-0.4, -0.2) is 10.1 Å². The molecule has 2 rings (SSSR count). The predicted molar refractivity (Wildman–Crippen MR) is 70.4 cm³/mol. The van der Waals surface area contributed by atoms with Crippen molar-refractivity contribution in [1.29, 1.82) is 0 Å². The van der Waals surface area contributed by atoms with E-state index in [1.807, 2.05) is 6.92 Å². The van der Waals surface area contributed by atoms with E-state index in [1.165, 1.54) is 12.1 Å². The Hall–Kier alpha value is -1.46. The van der Waals surface area contributed by atoms with E-state index in [2.05, 4.69) is 10.1 Å². The first kappa shape index (κ1) is 14.0. The lowest BCUT2D eigenvalue weighted by Crippen LogP contribution is -2.10. The highest BCUT2D eigenvalue weighted by atomic mass is 35.5. The third-order valence-electron chi connectivity index (χ3n) is 2.76. The van der Waals surface area contributed by atoms with Gasteiger partial charge in [0.1, 0.15) is 5.82 Å². The maximum Gasteiger partial charge on any atom is 0.243 e. The molecule has 4 nitrogen and oxygen atoms in total. The Morgan fingerprint density at radius 2 is 2.26 bits per heavy atom. The Morgan fingerprint density at radius 1 is 1.47 bits per heavy atom. The Labute approximate surface area is 115 Å². The Bertz CT molecular complexity index is 559. The van der Waals surface area contributed by atoms with Crippen LogP contribution in [0.2, 0.25) is 5.02 Å². The van der Waals surface area contributed by atoms with Crippen molar-refractivity contribution in [3.8, 4) is 0 Å². The van der Waals surface area contributed by atoms with E-state index in [0.29, 0.717) is 23.2 Å². The summed E-state index contributed by atoms with van der Waals surface area (Å²) in [6.45, 7) is 2.04. The SMILES string of the molecule is CCCC(N)c1nc(Cc2ccc(F)cc2Cl)no1. The van der Waals surface area contributed by atoms with Gasteiger partial charge in [-0.3, -0.25) is 0 Å². The number of nitrogens with two attached hydrogens (primary N) is 1. The molecule has 1 atom stereocenters. The molecule has 0 saturated heterocycles. The first-order valence-corrected chi connectivity index (χ1v) is 6.50. The lowest BCUT2D eigenvalue weighted by Gasteiger charge is -2.02. The second-order valence-corrected chi connectivity index (χ2v) is 4.76. The van der Waals surface area contributed by atoms with Crippen molar-refractivity contribution in [1.82, 2.24) is 10.1 Å². The summed E-state index contributed by atoms with van der Waals surface area (Å²) < 4.78 is 18.0. The number of nitrogens with zero attached hydrogens (tertiary/aromatic N) is 2. The lowest BCUT2D eigenvalue weighted by molar-refractivity contribution is 0.345. The molecule has 19 heavy (non-hydrogen) atoms. The fourth-order valence-corrected chi connectivity index (χ4v) is 1.99. The fraction of sp³-hybridized carbons (Fsp3) is 0.385. The standard InChI is InChI=1S/C13H15ClFN3O/c1-2-3-11(16)13-17-12(18-19-13)6-8-4-5-9(15)7-10(8)14/h4-5,7,11H,2-3,6,16H2,1H3. The molecular weight excluding hydrogens is 269 g/mol. The zero-order chi connectivity index (χ0) is 13.8. The number of benzene rings is 1. The summed E-state index contributed by atoms with van der Waals surface area (Å²) in [7, 11) is 0. The molecule has 0 fully saturated rings. The highest BCUT2D eigenvalue weighted by Gasteiger charge is 2.14. The molecule has 0 spiro atoms. The number of halogens is 2. The van der Waals surface area contributed by atoms with Crippen molar-refractivity contribution >= 4 is 11.6 Å². The smallest absolute Gasteiger partial charge is 0.243 e. The van der Waals surface area contributed by atoms with Gasteiger partial charge in [-0.1, -0.05) is 36.2 Å². The molecule has 1 aromatic heterocycles. The van der Waals surface area contributed by atoms with Crippen LogP contribution >= 0.6 is 11.6 Å². The van der Waals surface area contributed by atoms with Gasteiger partial charge in [0.05, 0.1) is 6.04 Å². The lowest BCUT2D eigenvalue weighted by atomic mass is 10.1. The number of hydrogen-bond donors (Lipinski definition) is 1. The van der Waals surface area contributed by atoms with Gasteiger partial charge < -0.3 is 10.3 Å². The van der Waals surface area contributed by atoms with Crippen LogP contribution in [0.3, 0.4) is 0 Å². The van der Waals surface area contributed by atoms with E-state index in [-0.39, 0.29) is 11.9 Å². The Morgan fingerprint density at radius 3 is 2.95 bits per heavy atom. The molecule has 6 heteroatoms. The zero-order valence-electron chi connectivity index (χ0n) is 10.6. The van der Waals surface area contributed by atoms with E-state index >= 15 is 0 Å². The van der Waals surface area contributed by atoms with Crippen molar-refractivity contribution < 1.29 is 8.91 Å². The van der Waals surface area contributed by atoms with Crippen LogP contribution in [0.25, 0.3) is 0 Å². The van der Waals surface area contributed by atoms with Crippen LogP contribution in [0.1, 0.15) is 43.1 Å². The van der Waals surface area contributed by atoms with Gasteiger partial charge in [-0.15, -0.1) is 0 Å². The van der Waals surface area contributed by atoms with Crippen molar-refractivity contribution in [3.63, 3.8) is 0 Å². The molecular formula is C13H15ClFN3O. The third-order valence-corrected chi connectivity index (χ3v) is 3.12. The summed E-state index contributed by atoms with van der Waals surface area (Å²) in [5.74, 6) is 0.553. The minimum Gasteiger partial charge on any atom is -0.338 e. The number of hydrogen-bond acceptors (Lipinski definition) is 4. The summed E-state index contributed by atoms with van der Waals surface area (Å²) in [6.07, 6.45) is 2.13. The summed E-state index contributed by atoms with van der Waals surface area (Å²) in [5.41, 5.74) is 6.64. The molecule has 0 aliphatic carbocycles. The second kappa shape index (κ2) is 6.12. The van der Waals surface area contributed by atoms with Crippen molar-refractivity contribution in [3.05, 3.63) is 46.3 Å². The zero-order valence-corrected chi connectivity index (χ0v) is 11.3. The van der Waals surface area contributed by atoms with Gasteiger partial charge in [0.25, 0.3) is 0 Å². The fourth-order valence-electron chi connectivity index (χ4n) is 1.76. The highest BCUT2D eigenvalue weighted by Crippen LogP contribution is 2.20. The normalized spacial score (nSPS) is 12.6.